The van der Waals surface area contributed by atoms with Gasteiger partial charge in [-0.2, -0.15) is 0 Å². The van der Waals surface area contributed by atoms with Crippen LogP contribution in [-0.4, -0.2) is 23.4 Å². The predicted octanol–water partition coefficient (Wildman–Crippen LogP) is 1.02. The molecule has 68 valence electrons. The number of nitrogens with one attached hydrogen (secondary N) is 1. The van der Waals surface area contributed by atoms with Crippen LogP contribution < -0.4 is 5.32 Å². The minimum atomic E-state index is 0.148. The third kappa shape index (κ3) is 2.36. The van der Waals surface area contributed by atoms with Gasteiger partial charge in [-0.05, 0) is 25.0 Å². The molecular weight excluding hydrogens is 164 g/mol. The summed E-state index contributed by atoms with van der Waals surface area (Å²) in [5, 5.41) is 3.18. The predicted molar refractivity (Wildman–Crippen MR) is 49.6 cm³/mol. The summed E-state index contributed by atoms with van der Waals surface area (Å²) in [6, 6.07) is 4.08. The molecule has 0 spiro atoms. The highest BCUT2D eigenvalue weighted by Crippen LogP contribution is 2.18. The molecule has 1 N–H and O–H groups in total. The van der Waals surface area contributed by atoms with E-state index in [9.17, 15) is 4.79 Å². The van der Waals surface area contributed by atoms with E-state index in [2.05, 4.69) is 10.3 Å². The lowest BCUT2D eigenvalue weighted by molar-refractivity contribution is 0.0990. The minimum absolute atomic E-state index is 0.148. The zero-order chi connectivity index (χ0) is 9.10. The second kappa shape index (κ2) is 3.66. The van der Waals surface area contributed by atoms with Crippen LogP contribution in [-0.2, 0) is 0 Å². The molecule has 1 aromatic rings. The molecule has 1 saturated carbocycles. The highest BCUT2D eigenvalue weighted by Gasteiger charge is 2.21. The maximum absolute atomic E-state index is 11.5. The zero-order valence-corrected chi connectivity index (χ0v) is 7.36. The smallest absolute Gasteiger partial charge is 0.176 e. The van der Waals surface area contributed by atoms with Gasteiger partial charge < -0.3 is 5.32 Å². The van der Waals surface area contributed by atoms with Crippen molar-refractivity contribution >= 4 is 5.78 Å². The maximum Gasteiger partial charge on any atom is 0.176 e. The highest BCUT2D eigenvalue weighted by atomic mass is 16.1. The lowest BCUT2D eigenvalue weighted by Gasteiger charge is -2.00. The fraction of sp³-hybridized carbons (Fsp3) is 0.400. The molecule has 1 aliphatic rings. The van der Waals surface area contributed by atoms with Crippen molar-refractivity contribution < 1.29 is 4.79 Å². The van der Waals surface area contributed by atoms with Crippen LogP contribution in [0.15, 0.2) is 24.5 Å². The standard InChI is InChI=1S/C10H12N2O/c13-10(7-12-9-1-2-9)8-3-5-11-6-4-8/h3-6,9,12H,1-2,7H2. The molecule has 13 heavy (non-hydrogen) atoms. The summed E-state index contributed by atoms with van der Waals surface area (Å²) in [4.78, 5) is 15.3. The average molecular weight is 176 g/mol. The number of Topliss-reactive ketones (excluding diaryl/α,β-unsaturated/α-hetero) is 1. The number of hydrogen-bond donors (Lipinski definition) is 1. The molecule has 0 aromatic carbocycles. The lowest BCUT2D eigenvalue weighted by atomic mass is 10.2. The van der Waals surface area contributed by atoms with Gasteiger partial charge in [0, 0.05) is 24.0 Å². The van der Waals surface area contributed by atoms with Gasteiger partial charge in [0.2, 0.25) is 0 Å². The van der Waals surface area contributed by atoms with E-state index in [0.29, 0.717) is 12.6 Å². The molecule has 1 fully saturated rings. The number of carbonyl (C=O) groups excluding carboxylic acids is 1. The second-order valence-electron chi connectivity index (χ2n) is 3.31. The number of aromatic nitrogens is 1. The Labute approximate surface area is 77.2 Å². The zero-order valence-electron chi connectivity index (χ0n) is 7.36. The molecule has 1 aliphatic carbocycles. The number of carbonyl (C=O) groups is 1. The maximum atomic E-state index is 11.5. The molecule has 0 unspecified atom stereocenters. The van der Waals surface area contributed by atoms with Crippen LogP contribution in [0.2, 0.25) is 0 Å². The Morgan fingerprint density at radius 1 is 1.46 bits per heavy atom. The first-order chi connectivity index (χ1) is 6.36. The summed E-state index contributed by atoms with van der Waals surface area (Å²) >= 11 is 0. The van der Waals surface area contributed by atoms with Crippen LogP contribution in [0.25, 0.3) is 0 Å². The third-order valence-corrected chi connectivity index (χ3v) is 2.13. The van der Waals surface area contributed by atoms with E-state index in [1.165, 1.54) is 12.8 Å². The topological polar surface area (TPSA) is 42.0 Å². The van der Waals surface area contributed by atoms with Crippen LogP contribution in [0.1, 0.15) is 23.2 Å². The van der Waals surface area contributed by atoms with Gasteiger partial charge in [-0.1, -0.05) is 0 Å². The van der Waals surface area contributed by atoms with Crippen molar-refractivity contribution in [1.82, 2.24) is 10.3 Å². The van der Waals surface area contributed by atoms with Gasteiger partial charge in [-0.25, -0.2) is 0 Å². The lowest BCUT2D eigenvalue weighted by Crippen LogP contribution is -2.24. The van der Waals surface area contributed by atoms with Crippen molar-refractivity contribution in [2.24, 2.45) is 0 Å². The van der Waals surface area contributed by atoms with Gasteiger partial charge in [0.05, 0.1) is 6.54 Å². The summed E-state index contributed by atoms with van der Waals surface area (Å²) in [6.45, 7) is 0.453. The summed E-state index contributed by atoms with van der Waals surface area (Å²) in [6.07, 6.45) is 5.71. The largest absolute Gasteiger partial charge is 0.307 e. The van der Waals surface area contributed by atoms with Crippen LogP contribution in [0.5, 0.6) is 0 Å². The molecule has 0 saturated heterocycles. The van der Waals surface area contributed by atoms with Crippen LogP contribution in [0.3, 0.4) is 0 Å². The van der Waals surface area contributed by atoms with Crippen LogP contribution >= 0.6 is 0 Å². The molecule has 0 bridgehead atoms. The second-order valence-corrected chi connectivity index (χ2v) is 3.31. The molecular formula is C10H12N2O. The molecule has 1 heterocycles. The fourth-order valence-electron chi connectivity index (χ4n) is 1.16. The minimum Gasteiger partial charge on any atom is -0.307 e. The van der Waals surface area contributed by atoms with Gasteiger partial charge >= 0.3 is 0 Å². The van der Waals surface area contributed by atoms with Crippen molar-refractivity contribution in [3.8, 4) is 0 Å². The first kappa shape index (κ1) is 8.38. The normalized spacial score (nSPS) is 15.7. The van der Waals surface area contributed by atoms with Crippen LogP contribution in [0.4, 0.5) is 0 Å². The molecule has 1 aromatic heterocycles. The van der Waals surface area contributed by atoms with Crippen LogP contribution in [0, 0.1) is 0 Å². The third-order valence-electron chi connectivity index (χ3n) is 2.13. The molecule has 0 aliphatic heterocycles. The Balaban J connectivity index is 1.89. The SMILES string of the molecule is O=C(CNC1CC1)c1ccncc1. The monoisotopic (exact) mass is 176 g/mol. The van der Waals surface area contributed by atoms with Crippen molar-refractivity contribution in [1.29, 1.82) is 0 Å². The Kier molecular flexibility index (Phi) is 2.36. The van der Waals surface area contributed by atoms with E-state index in [1.807, 2.05) is 0 Å². The number of pyridine rings is 1. The number of hydrogen-bond acceptors (Lipinski definition) is 3. The average Bonchev–Trinajstić information content (AvgIpc) is 2.99. The summed E-state index contributed by atoms with van der Waals surface area (Å²) in [5.41, 5.74) is 0.739. The van der Waals surface area contributed by atoms with Crippen molar-refractivity contribution in [2.75, 3.05) is 6.54 Å². The van der Waals surface area contributed by atoms with Crippen molar-refractivity contribution in [2.45, 2.75) is 18.9 Å². The summed E-state index contributed by atoms with van der Waals surface area (Å²) in [7, 11) is 0. The number of ketones is 1. The van der Waals surface area contributed by atoms with Crippen molar-refractivity contribution in [3.63, 3.8) is 0 Å². The van der Waals surface area contributed by atoms with Gasteiger partial charge in [0.15, 0.2) is 5.78 Å². The van der Waals surface area contributed by atoms with Gasteiger partial charge in [0.1, 0.15) is 0 Å². The Morgan fingerprint density at radius 2 is 2.15 bits per heavy atom. The highest BCUT2D eigenvalue weighted by molar-refractivity contribution is 5.97. The summed E-state index contributed by atoms with van der Waals surface area (Å²) in [5.74, 6) is 0.148. The molecule has 0 atom stereocenters. The number of nitrogens with zero attached hydrogens (tertiary/aromatic N) is 1. The molecule has 0 amide bonds. The fourth-order valence-corrected chi connectivity index (χ4v) is 1.16. The first-order valence-electron chi connectivity index (χ1n) is 4.53. The Bertz CT molecular complexity index is 293. The molecule has 0 radical (unpaired) electrons. The van der Waals surface area contributed by atoms with E-state index in [1.54, 1.807) is 24.5 Å². The number of rotatable bonds is 4. The van der Waals surface area contributed by atoms with E-state index < -0.39 is 0 Å². The van der Waals surface area contributed by atoms with Crippen molar-refractivity contribution in [3.05, 3.63) is 30.1 Å². The first-order valence-corrected chi connectivity index (χ1v) is 4.53. The van der Waals surface area contributed by atoms with E-state index >= 15 is 0 Å². The van der Waals surface area contributed by atoms with E-state index in [-0.39, 0.29) is 5.78 Å². The molecule has 3 nitrogen and oxygen atoms in total. The molecule has 2 rings (SSSR count). The Hall–Kier alpha value is -1.22. The summed E-state index contributed by atoms with van der Waals surface area (Å²) < 4.78 is 0. The molecule has 3 heteroatoms. The van der Waals surface area contributed by atoms with Gasteiger partial charge in [-0.15, -0.1) is 0 Å². The van der Waals surface area contributed by atoms with E-state index in [0.717, 1.165) is 5.56 Å². The Morgan fingerprint density at radius 3 is 2.77 bits per heavy atom. The van der Waals surface area contributed by atoms with Gasteiger partial charge in [0.25, 0.3) is 0 Å². The van der Waals surface area contributed by atoms with E-state index in [4.69, 9.17) is 0 Å². The van der Waals surface area contributed by atoms with Gasteiger partial charge in [-0.3, -0.25) is 9.78 Å². The quantitative estimate of drug-likeness (QED) is 0.696.